The Bertz CT molecular complexity index is 871. The third-order valence-electron chi connectivity index (χ3n) is 4.30. The molecule has 3 aromatic rings. The molecule has 2 aromatic heterocycles. The van der Waals surface area contributed by atoms with Gasteiger partial charge in [0.25, 0.3) is 0 Å². The first-order valence-electron chi connectivity index (χ1n) is 8.16. The van der Waals surface area contributed by atoms with Crippen LogP contribution in [0.25, 0.3) is 10.8 Å². The number of aromatic amines is 1. The smallest absolute Gasteiger partial charge is 0.223 e. The van der Waals surface area contributed by atoms with Crippen molar-refractivity contribution < 1.29 is 9.47 Å². The van der Waals surface area contributed by atoms with Crippen LogP contribution in [0, 0.1) is 6.92 Å². The number of methoxy groups -OCH3 is 1. The minimum absolute atomic E-state index is 0.269. The van der Waals surface area contributed by atoms with Crippen LogP contribution in [0.15, 0.2) is 30.3 Å². The summed E-state index contributed by atoms with van der Waals surface area (Å²) in [5.41, 5.74) is 0.992. The molecule has 0 spiro atoms. The number of H-pyrrole nitrogens is 1. The fourth-order valence-electron chi connectivity index (χ4n) is 2.74. The van der Waals surface area contributed by atoms with Crippen molar-refractivity contribution in [1.82, 2.24) is 15.2 Å². The molecule has 1 aliphatic carbocycles. The van der Waals surface area contributed by atoms with Gasteiger partial charge < -0.3 is 14.8 Å². The molecular weight excluding hydrogens is 304 g/mol. The van der Waals surface area contributed by atoms with E-state index in [1.54, 1.807) is 7.11 Å². The van der Waals surface area contributed by atoms with Gasteiger partial charge in [0, 0.05) is 17.1 Å². The Hall–Kier alpha value is -2.76. The maximum atomic E-state index is 6.10. The summed E-state index contributed by atoms with van der Waals surface area (Å²) in [6, 6.07) is 9.84. The number of anilines is 2. The Morgan fingerprint density at radius 3 is 2.71 bits per heavy atom. The highest BCUT2D eigenvalue weighted by molar-refractivity contribution is 5.90. The molecule has 124 valence electrons. The lowest BCUT2D eigenvalue weighted by atomic mass is 9.96. The van der Waals surface area contributed by atoms with Gasteiger partial charge in [-0.05, 0) is 55.8 Å². The first-order chi connectivity index (χ1) is 11.7. The van der Waals surface area contributed by atoms with Crippen LogP contribution in [0.3, 0.4) is 0 Å². The number of nitrogens with one attached hydrogen (secondary N) is 2. The van der Waals surface area contributed by atoms with Crippen molar-refractivity contribution in [1.29, 1.82) is 0 Å². The predicted octanol–water partition coefficient (Wildman–Crippen LogP) is 3.95. The van der Waals surface area contributed by atoms with Gasteiger partial charge in [-0.2, -0.15) is 10.1 Å². The number of pyridine rings is 1. The van der Waals surface area contributed by atoms with Crippen LogP contribution in [0.5, 0.6) is 11.6 Å². The lowest BCUT2D eigenvalue weighted by Gasteiger charge is -2.26. The Morgan fingerprint density at radius 1 is 1.17 bits per heavy atom. The van der Waals surface area contributed by atoms with Gasteiger partial charge in [-0.3, -0.25) is 5.10 Å². The molecule has 0 unspecified atom stereocenters. The van der Waals surface area contributed by atoms with Crippen molar-refractivity contribution in [3.05, 3.63) is 36.0 Å². The van der Waals surface area contributed by atoms with Gasteiger partial charge in [0.05, 0.1) is 7.11 Å². The molecule has 24 heavy (non-hydrogen) atoms. The van der Waals surface area contributed by atoms with Gasteiger partial charge in [0.1, 0.15) is 17.7 Å². The second-order valence-corrected chi connectivity index (χ2v) is 6.13. The van der Waals surface area contributed by atoms with Crippen molar-refractivity contribution in [3.63, 3.8) is 0 Å². The number of rotatable bonds is 5. The van der Waals surface area contributed by atoms with Gasteiger partial charge in [-0.25, -0.2) is 0 Å². The van der Waals surface area contributed by atoms with Crippen LogP contribution in [0.4, 0.5) is 11.6 Å². The topological polar surface area (TPSA) is 72.1 Å². The van der Waals surface area contributed by atoms with Crippen LogP contribution < -0.4 is 14.8 Å². The van der Waals surface area contributed by atoms with Crippen molar-refractivity contribution in [3.8, 4) is 11.6 Å². The zero-order valence-electron chi connectivity index (χ0n) is 13.8. The van der Waals surface area contributed by atoms with Crippen LogP contribution in [0.2, 0.25) is 0 Å². The molecule has 4 rings (SSSR count). The SMILES string of the molecule is COc1ccc2c(OC3CCC3)nc(Nc3cc(C)[nH]n3)cc2c1. The van der Waals surface area contributed by atoms with Gasteiger partial charge >= 0.3 is 0 Å². The van der Waals surface area contributed by atoms with E-state index in [9.17, 15) is 0 Å². The number of aryl methyl sites for hydroxylation is 1. The van der Waals surface area contributed by atoms with Gasteiger partial charge in [0.15, 0.2) is 5.82 Å². The predicted molar refractivity (Wildman–Crippen MR) is 93.2 cm³/mol. The summed E-state index contributed by atoms with van der Waals surface area (Å²) in [5, 5.41) is 12.4. The van der Waals surface area contributed by atoms with Crippen molar-refractivity contribution in [2.75, 3.05) is 12.4 Å². The van der Waals surface area contributed by atoms with Crippen molar-refractivity contribution in [2.24, 2.45) is 0 Å². The largest absolute Gasteiger partial charge is 0.497 e. The monoisotopic (exact) mass is 324 g/mol. The maximum Gasteiger partial charge on any atom is 0.223 e. The summed E-state index contributed by atoms with van der Waals surface area (Å²) in [6.07, 6.45) is 3.68. The molecule has 1 saturated carbocycles. The lowest BCUT2D eigenvalue weighted by Crippen LogP contribution is -2.25. The van der Waals surface area contributed by atoms with Gasteiger partial charge in [0.2, 0.25) is 5.88 Å². The third-order valence-corrected chi connectivity index (χ3v) is 4.30. The molecule has 0 radical (unpaired) electrons. The van der Waals surface area contributed by atoms with E-state index < -0.39 is 0 Å². The van der Waals surface area contributed by atoms with Crippen molar-refractivity contribution in [2.45, 2.75) is 32.3 Å². The molecule has 6 heteroatoms. The number of hydrogen-bond donors (Lipinski definition) is 2. The highest BCUT2D eigenvalue weighted by Gasteiger charge is 2.21. The molecule has 1 aliphatic rings. The molecule has 1 aromatic carbocycles. The lowest BCUT2D eigenvalue weighted by molar-refractivity contribution is 0.117. The molecular formula is C18H20N4O2. The van der Waals surface area contributed by atoms with Crippen LogP contribution in [-0.4, -0.2) is 28.4 Å². The third kappa shape index (κ3) is 2.87. The highest BCUT2D eigenvalue weighted by Crippen LogP contribution is 2.33. The van der Waals surface area contributed by atoms with E-state index in [1.807, 2.05) is 37.3 Å². The minimum Gasteiger partial charge on any atom is -0.497 e. The second kappa shape index (κ2) is 6.03. The van der Waals surface area contributed by atoms with Gasteiger partial charge in [-0.1, -0.05) is 0 Å². The number of fused-ring (bicyclic) bond motifs is 1. The molecule has 6 nitrogen and oxygen atoms in total. The Balaban J connectivity index is 1.74. The minimum atomic E-state index is 0.269. The van der Waals surface area contributed by atoms with E-state index in [1.165, 1.54) is 6.42 Å². The summed E-state index contributed by atoms with van der Waals surface area (Å²) in [6.45, 7) is 1.96. The highest BCUT2D eigenvalue weighted by atomic mass is 16.5. The fourth-order valence-corrected chi connectivity index (χ4v) is 2.74. The van der Waals surface area contributed by atoms with E-state index in [4.69, 9.17) is 9.47 Å². The maximum absolute atomic E-state index is 6.10. The summed E-state index contributed by atoms with van der Waals surface area (Å²) < 4.78 is 11.4. The standard InChI is InChI=1S/C18H20N4O2/c1-11-8-17(22-21-11)19-16-10-12-9-14(23-2)6-7-15(12)18(20-16)24-13-4-3-5-13/h6-10,13H,3-5H2,1-2H3,(H2,19,20,21,22). The Kier molecular flexibility index (Phi) is 3.72. The zero-order valence-corrected chi connectivity index (χ0v) is 13.8. The summed E-state index contributed by atoms with van der Waals surface area (Å²) >= 11 is 0. The number of ether oxygens (including phenoxy) is 2. The van der Waals surface area contributed by atoms with E-state index in [0.717, 1.165) is 40.9 Å². The second-order valence-electron chi connectivity index (χ2n) is 6.13. The average molecular weight is 324 g/mol. The molecule has 1 fully saturated rings. The normalized spacial score (nSPS) is 14.4. The molecule has 0 amide bonds. The zero-order chi connectivity index (χ0) is 16.5. The van der Waals surface area contributed by atoms with Crippen molar-refractivity contribution >= 4 is 22.4 Å². The van der Waals surface area contributed by atoms with Crippen LogP contribution in [0.1, 0.15) is 25.0 Å². The summed E-state index contributed by atoms with van der Waals surface area (Å²) in [5.74, 6) is 2.91. The Labute approximate surface area is 140 Å². The molecule has 0 bridgehead atoms. The fraction of sp³-hybridized carbons (Fsp3) is 0.333. The molecule has 0 aliphatic heterocycles. The molecule has 2 heterocycles. The number of aromatic nitrogens is 3. The van der Waals surface area contributed by atoms with Crippen LogP contribution >= 0.6 is 0 Å². The Morgan fingerprint density at radius 2 is 2.04 bits per heavy atom. The van der Waals surface area contributed by atoms with Gasteiger partial charge in [-0.15, -0.1) is 0 Å². The number of hydrogen-bond acceptors (Lipinski definition) is 5. The molecule has 0 saturated heterocycles. The van der Waals surface area contributed by atoms with E-state index in [-0.39, 0.29) is 6.10 Å². The molecule has 2 N–H and O–H groups in total. The van der Waals surface area contributed by atoms with E-state index in [0.29, 0.717) is 11.7 Å². The van der Waals surface area contributed by atoms with Crippen LogP contribution in [-0.2, 0) is 0 Å². The van der Waals surface area contributed by atoms with E-state index >= 15 is 0 Å². The number of nitrogens with zero attached hydrogens (tertiary/aromatic N) is 2. The summed E-state index contributed by atoms with van der Waals surface area (Å²) in [7, 11) is 1.67. The first kappa shape index (κ1) is 14.8. The summed E-state index contributed by atoms with van der Waals surface area (Å²) in [4.78, 5) is 4.65. The first-order valence-corrected chi connectivity index (χ1v) is 8.16. The molecule has 0 atom stereocenters. The quantitative estimate of drug-likeness (QED) is 0.743. The van der Waals surface area contributed by atoms with E-state index in [2.05, 4.69) is 20.5 Å². The average Bonchev–Trinajstić information content (AvgIpc) is 2.95. The number of benzene rings is 1.